The molecule has 17 heavy (non-hydrogen) atoms. The predicted molar refractivity (Wildman–Crippen MR) is 64.4 cm³/mol. The van der Waals surface area contributed by atoms with Gasteiger partial charge in [-0.05, 0) is 6.92 Å². The van der Waals surface area contributed by atoms with Gasteiger partial charge >= 0.3 is 0 Å². The third kappa shape index (κ3) is 3.13. The Morgan fingerprint density at radius 2 is 2.24 bits per heavy atom. The van der Waals surface area contributed by atoms with Crippen LogP contribution in [0.4, 0.5) is 11.8 Å². The Labute approximate surface area is 99.1 Å². The molecule has 7 heteroatoms. The molecular weight excluding hydrogens is 218 g/mol. The van der Waals surface area contributed by atoms with Crippen molar-refractivity contribution in [1.82, 2.24) is 24.7 Å². The van der Waals surface area contributed by atoms with Gasteiger partial charge in [0, 0.05) is 31.8 Å². The monoisotopic (exact) mass is 233 g/mol. The summed E-state index contributed by atoms with van der Waals surface area (Å²) in [6, 6.07) is 1.85. The first-order chi connectivity index (χ1) is 8.13. The van der Waals surface area contributed by atoms with Crippen LogP contribution >= 0.6 is 0 Å². The van der Waals surface area contributed by atoms with Gasteiger partial charge in [0.2, 0.25) is 5.95 Å². The quantitative estimate of drug-likeness (QED) is 0.780. The van der Waals surface area contributed by atoms with Crippen LogP contribution in [0.2, 0.25) is 0 Å². The fourth-order valence-corrected chi connectivity index (χ4v) is 1.48. The molecule has 0 unspecified atom stereocenters. The normalized spacial score (nSPS) is 10.5. The summed E-state index contributed by atoms with van der Waals surface area (Å²) < 4.78 is 1.68. The number of aryl methyl sites for hydroxylation is 2. The van der Waals surface area contributed by atoms with Crippen LogP contribution < -0.4 is 11.1 Å². The van der Waals surface area contributed by atoms with Gasteiger partial charge in [-0.15, -0.1) is 0 Å². The molecule has 0 aliphatic carbocycles. The van der Waals surface area contributed by atoms with Crippen LogP contribution in [-0.2, 0) is 13.5 Å². The Hall–Kier alpha value is -2.18. The van der Waals surface area contributed by atoms with Gasteiger partial charge in [-0.25, -0.2) is 9.97 Å². The van der Waals surface area contributed by atoms with E-state index in [-0.39, 0.29) is 5.95 Å². The standard InChI is InChI=1S/C10H15N7/c1-7-5-9(15-10(11)14-7)12-4-3-8-13-6-17(2)16-8/h5-6H,3-4H2,1-2H3,(H3,11,12,14,15). The summed E-state index contributed by atoms with van der Waals surface area (Å²) in [4.78, 5) is 12.2. The smallest absolute Gasteiger partial charge is 0.222 e. The van der Waals surface area contributed by atoms with E-state index >= 15 is 0 Å². The maximum atomic E-state index is 5.56. The van der Waals surface area contributed by atoms with Gasteiger partial charge in [0.1, 0.15) is 12.1 Å². The molecule has 0 fully saturated rings. The van der Waals surface area contributed by atoms with Crippen LogP contribution in [0.15, 0.2) is 12.4 Å². The van der Waals surface area contributed by atoms with Crippen LogP contribution in [0.1, 0.15) is 11.5 Å². The summed E-state index contributed by atoms with van der Waals surface area (Å²) in [5.41, 5.74) is 6.40. The third-order valence-electron chi connectivity index (χ3n) is 2.17. The largest absolute Gasteiger partial charge is 0.369 e. The molecule has 2 heterocycles. The van der Waals surface area contributed by atoms with E-state index in [0.717, 1.165) is 23.8 Å². The lowest BCUT2D eigenvalue weighted by Gasteiger charge is -2.05. The molecule has 90 valence electrons. The predicted octanol–water partition coefficient (Wildman–Crippen LogP) is 0.150. The van der Waals surface area contributed by atoms with Crippen molar-refractivity contribution in [2.45, 2.75) is 13.3 Å². The fraction of sp³-hybridized carbons (Fsp3) is 0.400. The first-order valence-corrected chi connectivity index (χ1v) is 5.33. The molecule has 3 N–H and O–H groups in total. The lowest BCUT2D eigenvalue weighted by Crippen LogP contribution is -2.09. The molecule has 0 saturated heterocycles. The number of nitrogen functional groups attached to an aromatic ring is 1. The molecular formula is C10H15N7. The molecule has 0 atom stereocenters. The highest BCUT2D eigenvalue weighted by atomic mass is 15.3. The highest BCUT2D eigenvalue weighted by Crippen LogP contribution is 2.06. The minimum absolute atomic E-state index is 0.281. The second-order valence-electron chi connectivity index (χ2n) is 3.76. The van der Waals surface area contributed by atoms with Gasteiger partial charge in [-0.1, -0.05) is 0 Å². The lowest BCUT2D eigenvalue weighted by molar-refractivity contribution is 0.741. The van der Waals surface area contributed by atoms with Crippen LogP contribution in [0.5, 0.6) is 0 Å². The zero-order valence-corrected chi connectivity index (χ0v) is 9.88. The number of nitrogens with zero attached hydrogens (tertiary/aromatic N) is 5. The van der Waals surface area contributed by atoms with E-state index in [4.69, 9.17) is 5.73 Å². The van der Waals surface area contributed by atoms with Gasteiger partial charge in [-0.2, -0.15) is 10.1 Å². The Morgan fingerprint density at radius 3 is 2.88 bits per heavy atom. The SMILES string of the molecule is Cc1cc(NCCc2ncn(C)n2)nc(N)n1. The van der Waals surface area contributed by atoms with E-state index in [2.05, 4.69) is 25.4 Å². The number of hydrogen-bond acceptors (Lipinski definition) is 6. The van der Waals surface area contributed by atoms with E-state index in [9.17, 15) is 0 Å². The van der Waals surface area contributed by atoms with Gasteiger partial charge in [0.25, 0.3) is 0 Å². The average molecular weight is 233 g/mol. The van der Waals surface area contributed by atoms with Crippen molar-refractivity contribution in [2.75, 3.05) is 17.6 Å². The molecule has 2 rings (SSSR count). The van der Waals surface area contributed by atoms with E-state index in [1.165, 1.54) is 0 Å². The molecule has 0 aliphatic rings. The molecule has 2 aromatic rings. The highest BCUT2D eigenvalue weighted by Gasteiger charge is 2.01. The molecule has 0 bridgehead atoms. The zero-order chi connectivity index (χ0) is 12.3. The van der Waals surface area contributed by atoms with E-state index < -0.39 is 0 Å². The van der Waals surface area contributed by atoms with E-state index in [1.807, 2.05) is 20.0 Å². The zero-order valence-electron chi connectivity index (χ0n) is 9.88. The van der Waals surface area contributed by atoms with Crippen molar-refractivity contribution in [3.63, 3.8) is 0 Å². The number of nitrogens with two attached hydrogens (primary N) is 1. The van der Waals surface area contributed by atoms with Crippen molar-refractivity contribution >= 4 is 11.8 Å². The minimum atomic E-state index is 0.281. The number of nitrogens with one attached hydrogen (secondary N) is 1. The average Bonchev–Trinajstić information content (AvgIpc) is 2.63. The van der Waals surface area contributed by atoms with Crippen molar-refractivity contribution in [2.24, 2.45) is 7.05 Å². The van der Waals surface area contributed by atoms with Gasteiger partial charge in [0.05, 0.1) is 0 Å². The first kappa shape index (κ1) is 11.3. The maximum absolute atomic E-state index is 5.56. The second kappa shape index (κ2) is 4.77. The summed E-state index contributed by atoms with van der Waals surface area (Å²) in [5, 5.41) is 7.35. The summed E-state index contributed by atoms with van der Waals surface area (Å²) in [5.74, 6) is 1.81. The van der Waals surface area contributed by atoms with Crippen LogP contribution in [0, 0.1) is 6.92 Å². The number of hydrogen-bond donors (Lipinski definition) is 2. The fourth-order valence-electron chi connectivity index (χ4n) is 1.48. The molecule has 0 aromatic carbocycles. The van der Waals surface area contributed by atoms with Crippen molar-refractivity contribution in [1.29, 1.82) is 0 Å². The second-order valence-corrected chi connectivity index (χ2v) is 3.76. The topological polar surface area (TPSA) is 94.5 Å². The number of aromatic nitrogens is 5. The number of anilines is 2. The van der Waals surface area contributed by atoms with Crippen molar-refractivity contribution in [3.8, 4) is 0 Å². The summed E-state index contributed by atoms with van der Waals surface area (Å²) in [6.45, 7) is 2.59. The summed E-state index contributed by atoms with van der Waals surface area (Å²) in [7, 11) is 1.85. The van der Waals surface area contributed by atoms with Crippen molar-refractivity contribution in [3.05, 3.63) is 23.9 Å². The molecule has 0 amide bonds. The van der Waals surface area contributed by atoms with Gasteiger partial charge in [-0.3, -0.25) is 4.68 Å². The third-order valence-corrected chi connectivity index (χ3v) is 2.17. The first-order valence-electron chi connectivity index (χ1n) is 5.33. The Bertz CT molecular complexity index is 485. The van der Waals surface area contributed by atoms with E-state index in [0.29, 0.717) is 6.54 Å². The lowest BCUT2D eigenvalue weighted by atomic mass is 10.4. The van der Waals surface area contributed by atoms with Gasteiger partial charge < -0.3 is 11.1 Å². The molecule has 2 aromatic heterocycles. The summed E-state index contributed by atoms with van der Waals surface area (Å²) in [6.07, 6.45) is 2.42. The molecule has 0 radical (unpaired) electrons. The highest BCUT2D eigenvalue weighted by molar-refractivity contribution is 5.40. The molecule has 0 saturated carbocycles. The molecule has 7 nitrogen and oxygen atoms in total. The number of rotatable bonds is 4. The molecule has 0 aliphatic heterocycles. The van der Waals surface area contributed by atoms with Crippen LogP contribution in [-0.4, -0.2) is 31.3 Å². The Morgan fingerprint density at radius 1 is 1.41 bits per heavy atom. The Balaban J connectivity index is 1.89. The minimum Gasteiger partial charge on any atom is -0.369 e. The summed E-state index contributed by atoms with van der Waals surface area (Å²) >= 11 is 0. The van der Waals surface area contributed by atoms with E-state index in [1.54, 1.807) is 11.0 Å². The molecule has 0 spiro atoms. The van der Waals surface area contributed by atoms with Crippen LogP contribution in [0.3, 0.4) is 0 Å². The van der Waals surface area contributed by atoms with Gasteiger partial charge in [0.15, 0.2) is 5.82 Å². The van der Waals surface area contributed by atoms with Crippen LogP contribution in [0.25, 0.3) is 0 Å². The maximum Gasteiger partial charge on any atom is 0.222 e. The Kier molecular flexibility index (Phi) is 3.17. The van der Waals surface area contributed by atoms with Crippen molar-refractivity contribution < 1.29 is 0 Å².